The van der Waals surface area contributed by atoms with Crippen LogP contribution < -0.4 is 4.74 Å². The molecule has 5 nitrogen and oxygen atoms in total. The van der Waals surface area contributed by atoms with Crippen molar-refractivity contribution >= 4 is 12.0 Å². The third-order valence-electron chi connectivity index (χ3n) is 5.29. The normalized spacial score (nSPS) is 17.1. The highest BCUT2D eigenvalue weighted by Gasteiger charge is 2.28. The van der Waals surface area contributed by atoms with Gasteiger partial charge in [0.05, 0.1) is 12.2 Å². The van der Waals surface area contributed by atoms with E-state index >= 15 is 0 Å². The highest BCUT2D eigenvalue weighted by atomic mass is 19.1. The highest BCUT2D eigenvalue weighted by molar-refractivity contribution is 5.92. The van der Waals surface area contributed by atoms with Crippen LogP contribution in [0.4, 0.5) is 4.39 Å². The number of halogens is 1. The molecular weight excluding hydrogens is 393 g/mol. The van der Waals surface area contributed by atoms with Gasteiger partial charge < -0.3 is 14.5 Å². The molecule has 1 aliphatic rings. The minimum absolute atomic E-state index is 0.0101. The maximum atomic E-state index is 14.5. The summed E-state index contributed by atoms with van der Waals surface area (Å²) in [6, 6.07) is 18.1. The molecule has 0 radical (unpaired) electrons. The first-order chi connectivity index (χ1) is 15.1. The Morgan fingerprint density at radius 3 is 2.71 bits per heavy atom. The van der Waals surface area contributed by atoms with Crippen LogP contribution in [0, 0.1) is 5.82 Å². The van der Waals surface area contributed by atoms with Crippen molar-refractivity contribution in [3.8, 4) is 11.5 Å². The number of amides is 1. The van der Waals surface area contributed by atoms with Gasteiger partial charge in [-0.05, 0) is 48.5 Å². The lowest BCUT2D eigenvalue weighted by Gasteiger charge is -2.39. The van der Waals surface area contributed by atoms with E-state index in [1.807, 2.05) is 35.2 Å². The third-order valence-corrected chi connectivity index (χ3v) is 5.29. The van der Waals surface area contributed by atoms with Crippen molar-refractivity contribution in [3.05, 3.63) is 96.1 Å². The zero-order valence-electron chi connectivity index (χ0n) is 17.3. The molecule has 3 aromatic rings. The Balaban J connectivity index is 1.47. The van der Waals surface area contributed by atoms with Crippen molar-refractivity contribution in [2.45, 2.75) is 6.04 Å². The summed E-state index contributed by atoms with van der Waals surface area (Å²) >= 11 is 0. The summed E-state index contributed by atoms with van der Waals surface area (Å²) in [5, 5.41) is 0. The van der Waals surface area contributed by atoms with Crippen LogP contribution in [-0.2, 0) is 4.79 Å². The number of likely N-dealkylation sites (N-methyl/N-ethyl adjacent to an activating group) is 1. The van der Waals surface area contributed by atoms with Crippen LogP contribution in [0.2, 0.25) is 0 Å². The van der Waals surface area contributed by atoms with Gasteiger partial charge in [-0.3, -0.25) is 9.78 Å². The topological polar surface area (TPSA) is 45.7 Å². The average molecular weight is 417 g/mol. The molecule has 31 heavy (non-hydrogen) atoms. The van der Waals surface area contributed by atoms with Crippen LogP contribution in [-0.4, -0.2) is 47.4 Å². The molecule has 1 atom stereocenters. The van der Waals surface area contributed by atoms with Gasteiger partial charge in [-0.25, -0.2) is 4.39 Å². The number of carbonyl (C=O) groups is 1. The van der Waals surface area contributed by atoms with Gasteiger partial charge in [0, 0.05) is 31.9 Å². The molecule has 1 aliphatic heterocycles. The molecule has 0 bridgehead atoms. The van der Waals surface area contributed by atoms with E-state index in [1.165, 1.54) is 18.3 Å². The Kier molecular flexibility index (Phi) is 6.38. The minimum atomic E-state index is -0.500. The molecule has 1 unspecified atom stereocenters. The number of hydrogen-bond acceptors (Lipinski definition) is 4. The van der Waals surface area contributed by atoms with Gasteiger partial charge in [0.2, 0.25) is 5.91 Å². The summed E-state index contributed by atoms with van der Waals surface area (Å²) in [5.41, 5.74) is 1.70. The smallest absolute Gasteiger partial charge is 0.247 e. The van der Waals surface area contributed by atoms with Gasteiger partial charge >= 0.3 is 0 Å². The van der Waals surface area contributed by atoms with E-state index in [4.69, 9.17) is 4.74 Å². The fourth-order valence-corrected chi connectivity index (χ4v) is 3.64. The number of rotatable bonds is 5. The summed E-state index contributed by atoms with van der Waals surface area (Å²) in [6.07, 6.45) is 6.29. The number of nitrogens with zero attached hydrogens (tertiary/aromatic N) is 3. The van der Waals surface area contributed by atoms with Crippen molar-refractivity contribution in [1.82, 2.24) is 14.8 Å². The maximum absolute atomic E-state index is 14.5. The van der Waals surface area contributed by atoms with E-state index < -0.39 is 5.82 Å². The number of pyridine rings is 1. The Bertz CT molecular complexity index is 1060. The lowest BCUT2D eigenvalue weighted by atomic mass is 10.0. The second kappa shape index (κ2) is 9.53. The molecule has 2 heterocycles. The second-order valence-corrected chi connectivity index (χ2v) is 7.53. The number of benzene rings is 2. The summed E-state index contributed by atoms with van der Waals surface area (Å²) in [6.45, 7) is 2.24. The van der Waals surface area contributed by atoms with Gasteiger partial charge in [0.25, 0.3) is 0 Å². The Morgan fingerprint density at radius 2 is 1.97 bits per heavy atom. The zero-order chi connectivity index (χ0) is 21.6. The summed E-state index contributed by atoms with van der Waals surface area (Å²) in [5.74, 6) is -0.0140. The van der Waals surface area contributed by atoms with Gasteiger partial charge in [0.15, 0.2) is 11.6 Å². The monoisotopic (exact) mass is 417 g/mol. The molecule has 1 saturated heterocycles. The predicted octanol–water partition coefficient (Wildman–Crippen LogP) is 4.54. The van der Waals surface area contributed by atoms with Crippen molar-refractivity contribution in [1.29, 1.82) is 0 Å². The van der Waals surface area contributed by atoms with E-state index in [9.17, 15) is 9.18 Å². The van der Waals surface area contributed by atoms with Crippen LogP contribution in [0.15, 0.2) is 79.1 Å². The van der Waals surface area contributed by atoms with E-state index in [-0.39, 0.29) is 17.7 Å². The molecule has 0 spiro atoms. The SMILES string of the molecule is CN1CCN(C(=O)/C=C/c2ccc(Oc3cccnc3)c(F)c2)C(c2ccccc2)C1. The average Bonchev–Trinajstić information content (AvgIpc) is 2.80. The van der Waals surface area contributed by atoms with Crippen molar-refractivity contribution in [2.24, 2.45) is 0 Å². The number of carbonyl (C=O) groups excluding carboxylic acids is 1. The van der Waals surface area contributed by atoms with Crippen LogP contribution in [0.3, 0.4) is 0 Å². The number of hydrogen-bond donors (Lipinski definition) is 0. The van der Waals surface area contributed by atoms with Crippen molar-refractivity contribution < 1.29 is 13.9 Å². The van der Waals surface area contributed by atoms with Crippen LogP contribution in [0.25, 0.3) is 6.08 Å². The lowest BCUT2D eigenvalue weighted by Crippen LogP contribution is -2.48. The Labute approximate surface area is 181 Å². The molecule has 158 valence electrons. The molecule has 0 aliphatic carbocycles. The largest absolute Gasteiger partial charge is 0.453 e. The highest BCUT2D eigenvalue weighted by Crippen LogP contribution is 2.27. The van der Waals surface area contributed by atoms with E-state index in [2.05, 4.69) is 16.9 Å². The standard InChI is InChI=1S/C25H24FN3O2/c1-28-14-15-29(23(18-28)20-6-3-2-4-7-20)25(30)12-10-19-9-11-24(22(26)16-19)31-21-8-5-13-27-17-21/h2-13,16-17,23H,14-15,18H2,1H3/b12-10+. The van der Waals surface area contributed by atoms with Gasteiger partial charge in [-0.2, -0.15) is 0 Å². The van der Waals surface area contributed by atoms with Crippen molar-refractivity contribution in [2.75, 3.05) is 26.7 Å². The number of aromatic nitrogens is 1. The van der Waals surface area contributed by atoms with E-state index in [1.54, 1.807) is 36.5 Å². The molecular formula is C25H24FN3O2. The first-order valence-electron chi connectivity index (χ1n) is 10.2. The molecule has 0 saturated carbocycles. The molecule has 1 amide bonds. The Hall–Kier alpha value is -3.51. The minimum Gasteiger partial charge on any atom is -0.453 e. The second-order valence-electron chi connectivity index (χ2n) is 7.53. The number of piperazine rings is 1. The lowest BCUT2D eigenvalue weighted by molar-refractivity contribution is -0.130. The molecule has 6 heteroatoms. The molecule has 0 N–H and O–H groups in total. The Morgan fingerprint density at radius 1 is 1.13 bits per heavy atom. The fourth-order valence-electron chi connectivity index (χ4n) is 3.64. The molecule has 2 aromatic carbocycles. The quantitative estimate of drug-likeness (QED) is 0.572. The fraction of sp³-hybridized carbons (Fsp3) is 0.200. The van der Waals surface area contributed by atoms with Crippen LogP contribution in [0.1, 0.15) is 17.2 Å². The summed E-state index contributed by atoms with van der Waals surface area (Å²) in [7, 11) is 2.06. The van der Waals surface area contributed by atoms with E-state index in [0.29, 0.717) is 17.9 Å². The van der Waals surface area contributed by atoms with Gasteiger partial charge in [-0.1, -0.05) is 36.4 Å². The van der Waals surface area contributed by atoms with E-state index in [0.717, 1.165) is 18.7 Å². The molecule has 4 rings (SSSR count). The molecule has 1 aromatic heterocycles. The van der Waals surface area contributed by atoms with Crippen LogP contribution in [0.5, 0.6) is 11.5 Å². The summed E-state index contributed by atoms with van der Waals surface area (Å²) in [4.78, 5) is 21.0. The first kappa shape index (κ1) is 20.8. The van der Waals surface area contributed by atoms with Gasteiger partial charge in [-0.15, -0.1) is 0 Å². The van der Waals surface area contributed by atoms with Crippen LogP contribution >= 0.6 is 0 Å². The zero-order valence-corrected chi connectivity index (χ0v) is 17.3. The predicted molar refractivity (Wildman–Crippen MR) is 118 cm³/mol. The molecule has 1 fully saturated rings. The maximum Gasteiger partial charge on any atom is 0.247 e. The number of ether oxygens (including phenoxy) is 1. The van der Waals surface area contributed by atoms with Crippen molar-refractivity contribution in [3.63, 3.8) is 0 Å². The summed E-state index contributed by atoms with van der Waals surface area (Å²) < 4.78 is 20.0. The third kappa shape index (κ3) is 5.16. The van der Waals surface area contributed by atoms with Gasteiger partial charge in [0.1, 0.15) is 5.75 Å². The first-order valence-corrected chi connectivity index (χ1v) is 10.2.